The monoisotopic (exact) mass is 277 g/mol. The van der Waals surface area contributed by atoms with Gasteiger partial charge < -0.3 is 19.5 Å². The number of nitrogens with one attached hydrogen (secondary N) is 1. The Bertz CT molecular complexity index is 511. The molecule has 5 heteroatoms. The van der Waals surface area contributed by atoms with Gasteiger partial charge in [-0.2, -0.15) is 0 Å². The summed E-state index contributed by atoms with van der Waals surface area (Å²) >= 11 is 0. The van der Waals surface area contributed by atoms with Crippen LogP contribution in [0, 0.1) is 0 Å². The number of fused-ring (bicyclic) bond motifs is 1. The highest BCUT2D eigenvalue weighted by molar-refractivity contribution is 5.99. The first-order chi connectivity index (χ1) is 9.74. The van der Waals surface area contributed by atoms with Crippen molar-refractivity contribution >= 4 is 12.0 Å². The van der Waals surface area contributed by atoms with Gasteiger partial charge in [0.2, 0.25) is 0 Å². The summed E-state index contributed by atoms with van der Waals surface area (Å²) < 4.78 is 15.7. The summed E-state index contributed by atoms with van der Waals surface area (Å²) in [4.78, 5) is 12.0. The minimum absolute atomic E-state index is 0.102. The minimum atomic E-state index is -0.102. The number of ether oxygens (including phenoxy) is 3. The molecule has 2 rings (SSSR count). The van der Waals surface area contributed by atoms with E-state index in [1.54, 1.807) is 14.2 Å². The highest BCUT2D eigenvalue weighted by Gasteiger charge is 2.17. The molecular formula is C15H19NO4. The van der Waals surface area contributed by atoms with Gasteiger partial charge in [-0.15, -0.1) is 0 Å². The molecule has 1 aromatic rings. The van der Waals surface area contributed by atoms with E-state index in [4.69, 9.17) is 14.2 Å². The topological polar surface area (TPSA) is 56.8 Å². The maximum absolute atomic E-state index is 12.0. The predicted molar refractivity (Wildman–Crippen MR) is 76.0 cm³/mol. The van der Waals surface area contributed by atoms with Crippen LogP contribution in [0.3, 0.4) is 0 Å². The van der Waals surface area contributed by atoms with Crippen molar-refractivity contribution in [3.63, 3.8) is 0 Å². The van der Waals surface area contributed by atoms with Crippen LogP contribution in [0.4, 0.5) is 0 Å². The Hall–Kier alpha value is -2.01. The molecule has 1 aromatic carbocycles. The average molecular weight is 277 g/mol. The first kappa shape index (κ1) is 14.4. The lowest BCUT2D eigenvalue weighted by molar-refractivity contribution is -0.117. The molecule has 1 amide bonds. The minimum Gasteiger partial charge on any atom is -0.497 e. The number of hydrogen-bond donors (Lipinski definition) is 1. The van der Waals surface area contributed by atoms with Crippen molar-refractivity contribution < 1.29 is 19.0 Å². The second-order valence-electron chi connectivity index (χ2n) is 4.46. The zero-order valence-electron chi connectivity index (χ0n) is 11.8. The molecule has 0 fully saturated rings. The largest absolute Gasteiger partial charge is 0.497 e. The van der Waals surface area contributed by atoms with Crippen LogP contribution in [0.5, 0.6) is 11.5 Å². The molecule has 108 valence electrons. The number of hydrogen-bond acceptors (Lipinski definition) is 4. The van der Waals surface area contributed by atoms with Gasteiger partial charge in [-0.05, 0) is 30.7 Å². The molecule has 1 aliphatic heterocycles. The molecule has 0 spiro atoms. The Morgan fingerprint density at radius 3 is 3.00 bits per heavy atom. The van der Waals surface area contributed by atoms with E-state index in [2.05, 4.69) is 5.32 Å². The van der Waals surface area contributed by atoms with E-state index in [0.29, 0.717) is 18.7 Å². The van der Waals surface area contributed by atoms with Crippen LogP contribution in [0.15, 0.2) is 23.8 Å². The summed E-state index contributed by atoms with van der Waals surface area (Å²) in [7, 11) is 3.25. The molecule has 0 aliphatic carbocycles. The number of amides is 1. The molecule has 0 saturated carbocycles. The molecule has 0 atom stereocenters. The van der Waals surface area contributed by atoms with Crippen molar-refractivity contribution in [2.24, 2.45) is 0 Å². The van der Waals surface area contributed by atoms with E-state index in [1.807, 2.05) is 24.3 Å². The van der Waals surface area contributed by atoms with Crippen LogP contribution in [0.1, 0.15) is 12.0 Å². The summed E-state index contributed by atoms with van der Waals surface area (Å²) in [5, 5.41) is 2.85. The number of benzene rings is 1. The fourth-order valence-electron chi connectivity index (χ4n) is 1.95. The SMILES string of the molecule is COCCCNC(=O)C1=Cc2cc(OC)ccc2OC1. The number of carbonyl (C=O) groups excluding carboxylic acids is 1. The van der Waals surface area contributed by atoms with E-state index >= 15 is 0 Å². The smallest absolute Gasteiger partial charge is 0.250 e. The van der Waals surface area contributed by atoms with Gasteiger partial charge in [0, 0.05) is 25.8 Å². The fourth-order valence-corrected chi connectivity index (χ4v) is 1.95. The van der Waals surface area contributed by atoms with E-state index in [1.165, 1.54) is 0 Å². The molecule has 1 N–H and O–H groups in total. The van der Waals surface area contributed by atoms with Gasteiger partial charge in [-0.3, -0.25) is 4.79 Å². The Labute approximate surface area is 118 Å². The zero-order valence-corrected chi connectivity index (χ0v) is 11.8. The number of carbonyl (C=O) groups is 1. The van der Waals surface area contributed by atoms with Crippen molar-refractivity contribution in [1.82, 2.24) is 5.32 Å². The molecule has 0 radical (unpaired) electrons. The van der Waals surface area contributed by atoms with Crippen molar-refractivity contribution in [3.8, 4) is 11.5 Å². The highest BCUT2D eigenvalue weighted by Crippen LogP contribution is 2.29. The van der Waals surface area contributed by atoms with Gasteiger partial charge in [-0.1, -0.05) is 0 Å². The highest BCUT2D eigenvalue weighted by atomic mass is 16.5. The van der Waals surface area contributed by atoms with E-state index in [-0.39, 0.29) is 12.5 Å². The Morgan fingerprint density at radius 2 is 2.25 bits per heavy atom. The van der Waals surface area contributed by atoms with Crippen LogP contribution in [0.25, 0.3) is 6.08 Å². The summed E-state index contributed by atoms with van der Waals surface area (Å²) in [5.41, 5.74) is 1.47. The van der Waals surface area contributed by atoms with Crippen LogP contribution in [0.2, 0.25) is 0 Å². The zero-order chi connectivity index (χ0) is 14.4. The molecule has 1 aliphatic rings. The van der Waals surface area contributed by atoms with Crippen LogP contribution < -0.4 is 14.8 Å². The van der Waals surface area contributed by atoms with Gasteiger partial charge in [0.15, 0.2) is 0 Å². The summed E-state index contributed by atoms with van der Waals surface area (Å²) in [6, 6.07) is 5.53. The number of rotatable bonds is 6. The van der Waals surface area contributed by atoms with E-state index < -0.39 is 0 Å². The third kappa shape index (κ3) is 3.51. The standard InChI is InChI=1S/C15H19NO4/c1-18-7-3-6-16-15(17)12-8-11-9-13(19-2)4-5-14(11)20-10-12/h4-5,8-9H,3,6-7,10H2,1-2H3,(H,16,17). The van der Waals surface area contributed by atoms with Crippen molar-refractivity contribution in [1.29, 1.82) is 0 Å². The van der Waals surface area contributed by atoms with Gasteiger partial charge in [0.1, 0.15) is 18.1 Å². The Balaban J connectivity index is 2.02. The lowest BCUT2D eigenvalue weighted by Gasteiger charge is -2.18. The molecular weight excluding hydrogens is 258 g/mol. The van der Waals surface area contributed by atoms with Gasteiger partial charge in [0.25, 0.3) is 5.91 Å². The average Bonchev–Trinajstić information content (AvgIpc) is 2.50. The summed E-state index contributed by atoms with van der Waals surface area (Å²) in [5.74, 6) is 1.40. The maximum atomic E-state index is 12.0. The van der Waals surface area contributed by atoms with Crippen LogP contribution in [-0.2, 0) is 9.53 Å². The lowest BCUT2D eigenvalue weighted by atomic mass is 10.1. The molecule has 0 saturated heterocycles. The predicted octanol–water partition coefficient (Wildman–Crippen LogP) is 1.62. The second kappa shape index (κ2) is 6.96. The van der Waals surface area contributed by atoms with E-state index in [9.17, 15) is 4.79 Å². The molecule has 1 heterocycles. The van der Waals surface area contributed by atoms with Gasteiger partial charge in [0.05, 0.1) is 12.7 Å². The Kier molecular flexibility index (Phi) is 5.01. The molecule has 20 heavy (non-hydrogen) atoms. The summed E-state index contributed by atoms with van der Waals surface area (Å²) in [6.45, 7) is 1.51. The lowest BCUT2D eigenvalue weighted by Crippen LogP contribution is -2.29. The number of methoxy groups -OCH3 is 2. The van der Waals surface area contributed by atoms with Crippen LogP contribution >= 0.6 is 0 Å². The molecule has 0 bridgehead atoms. The second-order valence-corrected chi connectivity index (χ2v) is 4.46. The van der Waals surface area contributed by atoms with Gasteiger partial charge >= 0.3 is 0 Å². The van der Waals surface area contributed by atoms with Crippen molar-refractivity contribution in [2.75, 3.05) is 34.0 Å². The third-order valence-corrected chi connectivity index (χ3v) is 3.03. The van der Waals surface area contributed by atoms with Crippen molar-refractivity contribution in [3.05, 3.63) is 29.3 Å². The quantitative estimate of drug-likeness (QED) is 0.803. The third-order valence-electron chi connectivity index (χ3n) is 3.03. The fraction of sp³-hybridized carbons (Fsp3) is 0.400. The maximum Gasteiger partial charge on any atom is 0.250 e. The first-order valence-corrected chi connectivity index (χ1v) is 6.53. The first-order valence-electron chi connectivity index (χ1n) is 6.53. The summed E-state index contributed by atoms with van der Waals surface area (Å²) in [6.07, 6.45) is 2.63. The normalized spacial score (nSPS) is 13.0. The molecule has 0 aromatic heterocycles. The molecule has 5 nitrogen and oxygen atoms in total. The van der Waals surface area contributed by atoms with Crippen molar-refractivity contribution in [2.45, 2.75) is 6.42 Å². The van der Waals surface area contributed by atoms with Crippen LogP contribution in [-0.4, -0.2) is 39.9 Å². The van der Waals surface area contributed by atoms with E-state index in [0.717, 1.165) is 23.5 Å². The van der Waals surface area contributed by atoms with Gasteiger partial charge in [-0.25, -0.2) is 0 Å². The molecule has 0 unspecified atom stereocenters. The Morgan fingerprint density at radius 1 is 1.40 bits per heavy atom.